The van der Waals surface area contributed by atoms with Gasteiger partial charge in [0.05, 0.1) is 6.20 Å². The van der Waals surface area contributed by atoms with E-state index in [1.807, 2.05) is 0 Å². The van der Waals surface area contributed by atoms with Gasteiger partial charge in [-0.2, -0.15) is 0 Å². The molecule has 1 aliphatic carbocycles. The normalized spacial score (nSPS) is 20.6. The minimum atomic E-state index is -0.618. The molecule has 0 atom stereocenters. The van der Waals surface area contributed by atoms with Gasteiger partial charge in [0.2, 0.25) is 12.7 Å². The van der Waals surface area contributed by atoms with Gasteiger partial charge in [0.15, 0.2) is 11.5 Å². The number of nitrogens with zero attached hydrogens (tertiary/aromatic N) is 2. The van der Waals surface area contributed by atoms with Crippen LogP contribution >= 0.6 is 11.8 Å². The molecule has 7 nitrogen and oxygen atoms in total. The summed E-state index contributed by atoms with van der Waals surface area (Å²) in [6, 6.07) is 6.20. The van der Waals surface area contributed by atoms with Crippen LogP contribution in [0.2, 0.25) is 0 Å². The maximum Gasteiger partial charge on any atom is 0.257 e. The average molecular weight is 407 g/mol. The number of hydrogen-bond acceptors (Lipinski definition) is 5. The lowest BCUT2D eigenvalue weighted by Gasteiger charge is -2.34. The van der Waals surface area contributed by atoms with E-state index in [-0.39, 0.29) is 30.3 Å². The zero-order valence-corrected chi connectivity index (χ0v) is 15.6. The van der Waals surface area contributed by atoms with E-state index < -0.39 is 11.7 Å². The molecule has 4 rings (SSSR count). The van der Waals surface area contributed by atoms with E-state index in [2.05, 4.69) is 15.1 Å². The number of pyridine rings is 1. The van der Waals surface area contributed by atoms with Crippen molar-refractivity contribution >= 4 is 17.7 Å². The molecule has 0 saturated heterocycles. The third kappa shape index (κ3) is 4.13. The number of nitrogens with one attached hydrogen (secondary N) is 1. The molecule has 1 amide bonds. The summed E-state index contributed by atoms with van der Waals surface area (Å²) in [6.07, 6.45) is 4.13. The highest BCUT2D eigenvalue weighted by Crippen LogP contribution is 2.37. The van der Waals surface area contributed by atoms with E-state index in [0.29, 0.717) is 17.2 Å². The van der Waals surface area contributed by atoms with E-state index in [1.54, 1.807) is 18.2 Å². The van der Waals surface area contributed by atoms with Crippen LogP contribution in [0.4, 0.5) is 4.39 Å². The van der Waals surface area contributed by atoms with Gasteiger partial charge in [-0.15, -0.1) is 6.04 Å². The molecule has 0 bridgehead atoms. The summed E-state index contributed by atoms with van der Waals surface area (Å²) in [5.74, 6) is 0.509. The summed E-state index contributed by atoms with van der Waals surface area (Å²) in [4.78, 5) is 20.4. The highest BCUT2D eigenvalue weighted by atomic mass is 35.5. The highest BCUT2D eigenvalue weighted by Gasteiger charge is 2.23. The van der Waals surface area contributed by atoms with E-state index in [1.165, 1.54) is 0 Å². The van der Waals surface area contributed by atoms with E-state index >= 15 is 0 Å². The zero-order chi connectivity index (χ0) is 19.5. The van der Waals surface area contributed by atoms with Gasteiger partial charge >= 0.3 is 0 Å². The van der Waals surface area contributed by atoms with Crippen molar-refractivity contribution in [1.29, 1.82) is 0 Å². The summed E-state index contributed by atoms with van der Waals surface area (Å²) >= 11 is 5.53. The van der Waals surface area contributed by atoms with Crippen molar-refractivity contribution in [2.45, 2.75) is 37.8 Å². The van der Waals surface area contributed by atoms with Gasteiger partial charge in [0, 0.05) is 12.1 Å². The van der Waals surface area contributed by atoms with Gasteiger partial charge in [-0.1, -0.05) is 12.8 Å². The molecule has 1 fully saturated rings. The largest absolute Gasteiger partial charge is 0.573 e. The van der Waals surface area contributed by atoms with E-state index in [9.17, 15) is 9.18 Å². The number of halogens is 2. The Bertz CT molecular complexity index is 874. The van der Waals surface area contributed by atoms with Crippen LogP contribution in [0, 0.1) is 5.82 Å². The molecule has 2 aliphatic rings. The van der Waals surface area contributed by atoms with Crippen LogP contribution in [0.5, 0.6) is 23.1 Å². The van der Waals surface area contributed by atoms with Crippen LogP contribution in [0.25, 0.3) is 4.84 Å². The monoisotopic (exact) mass is 406 g/mol. The second-order valence-electron chi connectivity index (χ2n) is 6.70. The molecule has 2 aromatic rings. The Morgan fingerprint density at radius 1 is 1.21 bits per heavy atom. The van der Waals surface area contributed by atoms with Crippen molar-refractivity contribution < 1.29 is 23.4 Å². The van der Waals surface area contributed by atoms with Crippen molar-refractivity contribution in [3.05, 3.63) is 46.7 Å². The van der Waals surface area contributed by atoms with Gasteiger partial charge in [-0.05, 0) is 31.0 Å². The first-order valence-electron chi connectivity index (χ1n) is 8.97. The molecule has 1 aromatic heterocycles. The van der Waals surface area contributed by atoms with Gasteiger partial charge in [-0.25, -0.2) is 9.37 Å². The topological polar surface area (TPSA) is 83.8 Å². The Morgan fingerprint density at radius 3 is 2.79 bits per heavy atom. The molecule has 2 heterocycles. The lowest BCUT2D eigenvalue weighted by molar-refractivity contribution is 0.0923. The Morgan fingerprint density at radius 2 is 2.00 bits per heavy atom. The number of benzene rings is 1. The van der Waals surface area contributed by atoms with Crippen LogP contribution in [-0.4, -0.2) is 29.8 Å². The first kappa shape index (κ1) is 18.8. The summed E-state index contributed by atoms with van der Waals surface area (Å²) in [6.45, 7) is 0.139. The van der Waals surface area contributed by atoms with Crippen LogP contribution < -0.4 is 19.5 Å². The fraction of sp³-hybridized carbons (Fsp3) is 0.368. The second-order valence-corrected chi connectivity index (χ2v) is 6.90. The summed E-state index contributed by atoms with van der Waals surface area (Å²) < 4.78 is 30.0. The Kier molecular flexibility index (Phi) is 5.50. The lowest BCUT2D eigenvalue weighted by atomic mass is 9.91. The van der Waals surface area contributed by atoms with E-state index in [4.69, 9.17) is 26.0 Å². The number of amides is 1. The first-order chi connectivity index (χ1) is 13.6. The van der Waals surface area contributed by atoms with Crippen molar-refractivity contribution in [3.8, 4) is 23.1 Å². The fourth-order valence-corrected chi connectivity index (χ4v) is 3.50. The van der Waals surface area contributed by atoms with Crippen molar-refractivity contribution in [2.24, 2.45) is 0 Å². The summed E-state index contributed by atoms with van der Waals surface area (Å²) in [7, 11) is 0. The minimum absolute atomic E-state index is 0.0159. The molecule has 28 heavy (non-hydrogen) atoms. The average Bonchev–Trinajstić information content (AvgIpc) is 3.18. The van der Waals surface area contributed by atoms with Gasteiger partial charge < -0.3 is 24.4 Å². The standard InChI is InChI=1S/C19H18ClFN3O4/c20-24-13-3-1-12(2-4-13)23-18(25)15-7-11(21)9-22-19(15)28-14-5-6-16-17(8-14)27-10-26-16/h5-9,12-13H,1-4,10H2,(H,23,25)/q-1. The predicted octanol–water partition coefficient (Wildman–Crippen LogP) is 4.31. The van der Waals surface area contributed by atoms with Crippen molar-refractivity contribution in [3.63, 3.8) is 0 Å². The molecular weight excluding hydrogens is 389 g/mol. The minimum Gasteiger partial charge on any atom is -0.573 e. The first-order valence-corrected chi connectivity index (χ1v) is 9.31. The third-order valence-corrected chi connectivity index (χ3v) is 5.07. The second kappa shape index (κ2) is 8.20. The molecule has 1 aromatic carbocycles. The van der Waals surface area contributed by atoms with Crippen LogP contribution in [0.15, 0.2) is 30.5 Å². The fourth-order valence-electron chi connectivity index (χ4n) is 3.30. The number of hydrogen-bond donors (Lipinski definition) is 1. The SMILES string of the molecule is O=C(NC1CCC([N-]Cl)CC1)c1cc(F)cnc1Oc1ccc2c(c1)OCO2. The maximum absolute atomic E-state index is 13.7. The number of fused-ring (bicyclic) bond motifs is 1. The molecule has 9 heteroatoms. The van der Waals surface area contributed by atoms with Crippen LogP contribution in [0.1, 0.15) is 36.0 Å². The number of carbonyl (C=O) groups is 1. The summed E-state index contributed by atoms with van der Waals surface area (Å²) in [5, 5.41) is 2.92. The Balaban J connectivity index is 1.49. The smallest absolute Gasteiger partial charge is 0.257 e. The molecule has 148 valence electrons. The lowest BCUT2D eigenvalue weighted by Crippen LogP contribution is -2.38. The quantitative estimate of drug-likeness (QED) is 0.799. The maximum atomic E-state index is 13.7. The highest BCUT2D eigenvalue weighted by molar-refractivity contribution is 6.25. The molecule has 1 aliphatic heterocycles. The number of ether oxygens (including phenoxy) is 3. The molecular formula is C19H18ClFN3O4-. The number of carbonyl (C=O) groups excluding carboxylic acids is 1. The Hall–Kier alpha value is -2.58. The van der Waals surface area contributed by atoms with Crippen LogP contribution in [0.3, 0.4) is 0 Å². The zero-order valence-electron chi connectivity index (χ0n) is 14.9. The molecule has 0 spiro atoms. The molecule has 1 saturated carbocycles. The molecule has 1 N–H and O–H groups in total. The summed E-state index contributed by atoms with van der Waals surface area (Å²) in [5.41, 5.74) is 0.0295. The molecule has 0 radical (unpaired) electrons. The number of aromatic nitrogens is 1. The molecule has 0 unspecified atom stereocenters. The van der Waals surface area contributed by atoms with Gasteiger partial charge in [0.25, 0.3) is 5.91 Å². The van der Waals surface area contributed by atoms with Crippen molar-refractivity contribution in [1.82, 2.24) is 10.3 Å². The van der Waals surface area contributed by atoms with E-state index in [0.717, 1.165) is 37.9 Å². The van der Waals surface area contributed by atoms with Gasteiger partial charge in [-0.3, -0.25) is 16.6 Å². The third-order valence-electron chi connectivity index (χ3n) is 4.79. The van der Waals surface area contributed by atoms with Crippen molar-refractivity contribution in [2.75, 3.05) is 6.79 Å². The Labute approximate surface area is 166 Å². The number of rotatable bonds is 5. The van der Waals surface area contributed by atoms with Gasteiger partial charge in [0.1, 0.15) is 17.1 Å². The predicted molar refractivity (Wildman–Crippen MR) is 99.6 cm³/mol. The van der Waals surface area contributed by atoms with Crippen LogP contribution in [-0.2, 0) is 0 Å².